The van der Waals surface area contributed by atoms with Crippen molar-refractivity contribution in [2.45, 2.75) is 0 Å². The van der Waals surface area contributed by atoms with Gasteiger partial charge in [0.05, 0.1) is 36.4 Å². The third kappa shape index (κ3) is 5.42. The zero-order valence-corrected chi connectivity index (χ0v) is 15.0. The molecule has 0 unspecified atom stereocenters. The molecule has 25 heavy (non-hydrogen) atoms. The smallest absolute Gasteiger partial charge is 0.255 e. The van der Waals surface area contributed by atoms with Gasteiger partial charge in [-0.15, -0.1) is 0 Å². The van der Waals surface area contributed by atoms with Crippen molar-refractivity contribution in [2.75, 3.05) is 38.2 Å². The molecule has 1 aliphatic heterocycles. The SMILES string of the molecule is COc1ccnc(N2CCN(C(=O)c3cccnc3)CC2)n1.ClOCl. The number of anilines is 1. The molecule has 2 aromatic rings. The third-order valence-corrected chi connectivity index (χ3v) is 3.58. The molecule has 0 spiro atoms. The molecule has 0 atom stereocenters. The van der Waals surface area contributed by atoms with E-state index in [2.05, 4.69) is 47.4 Å². The summed E-state index contributed by atoms with van der Waals surface area (Å²) in [4.78, 5) is 28.8. The van der Waals surface area contributed by atoms with Gasteiger partial charge in [0, 0.05) is 50.8 Å². The van der Waals surface area contributed by atoms with Crippen LogP contribution >= 0.6 is 23.7 Å². The van der Waals surface area contributed by atoms with Gasteiger partial charge in [-0.1, -0.05) is 0 Å². The number of ether oxygens (including phenoxy) is 1. The summed E-state index contributed by atoms with van der Waals surface area (Å²) in [6.45, 7) is 2.65. The summed E-state index contributed by atoms with van der Waals surface area (Å²) in [6, 6.07) is 5.27. The number of piperazine rings is 1. The molecule has 2 aromatic heterocycles. The molecule has 10 heteroatoms. The van der Waals surface area contributed by atoms with E-state index in [9.17, 15) is 4.79 Å². The monoisotopic (exact) mass is 385 g/mol. The number of amides is 1. The van der Waals surface area contributed by atoms with Crippen LogP contribution in [0.15, 0.2) is 36.8 Å². The number of rotatable bonds is 3. The van der Waals surface area contributed by atoms with Gasteiger partial charge in [0.1, 0.15) is 0 Å². The number of hydrogen-bond acceptors (Lipinski definition) is 7. The van der Waals surface area contributed by atoms with Crippen LogP contribution in [0.5, 0.6) is 5.88 Å². The van der Waals surface area contributed by atoms with E-state index in [1.807, 2.05) is 4.90 Å². The Morgan fingerprint density at radius 1 is 1.16 bits per heavy atom. The van der Waals surface area contributed by atoms with Crippen molar-refractivity contribution < 1.29 is 13.4 Å². The van der Waals surface area contributed by atoms with E-state index in [0.29, 0.717) is 43.6 Å². The number of methoxy groups -OCH3 is 1. The Morgan fingerprint density at radius 3 is 2.48 bits per heavy atom. The third-order valence-electron chi connectivity index (χ3n) is 3.58. The van der Waals surface area contributed by atoms with E-state index < -0.39 is 0 Å². The Bertz CT molecular complexity index is 669. The van der Waals surface area contributed by atoms with Crippen LogP contribution in [0, 0.1) is 0 Å². The van der Waals surface area contributed by atoms with Crippen molar-refractivity contribution >= 4 is 35.6 Å². The number of nitrogens with zero attached hydrogens (tertiary/aromatic N) is 5. The summed E-state index contributed by atoms with van der Waals surface area (Å²) in [6.07, 6.45) is 4.93. The van der Waals surface area contributed by atoms with Crippen LogP contribution in [-0.2, 0) is 3.84 Å². The van der Waals surface area contributed by atoms with Gasteiger partial charge in [-0.05, 0) is 12.1 Å². The summed E-state index contributed by atoms with van der Waals surface area (Å²) in [7, 11) is 1.58. The lowest BCUT2D eigenvalue weighted by Crippen LogP contribution is -2.49. The Kier molecular flexibility index (Phi) is 7.65. The number of carbonyl (C=O) groups is 1. The summed E-state index contributed by atoms with van der Waals surface area (Å²) in [5.41, 5.74) is 0.619. The fourth-order valence-electron chi connectivity index (χ4n) is 2.38. The van der Waals surface area contributed by atoms with Crippen molar-refractivity contribution in [3.63, 3.8) is 0 Å². The molecule has 134 valence electrons. The lowest BCUT2D eigenvalue weighted by molar-refractivity contribution is 0.0745. The van der Waals surface area contributed by atoms with Crippen molar-refractivity contribution in [1.29, 1.82) is 0 Å². The highest BCUT2D eigenvalue weighted by Gasteiger charge is 2.23. The minimum atomic E-state index is 0.0133. The molecule has 0 aromatic carbocycles. The highest BCUT2D eigenvalue weighted by Crippen LogP contribution is 2.15. The van der Waals surface area contributed by atoms with Crippen LogP contribution in [0.3, 0.4) is 0 Å². The zero-order valence-electron chi connectivity index (χ0n) is 13.5. The van der Waals surface area contributed by atoms with Gasteiger partial charge in [-0.3, -0.25) is 9.78 Å². The van der Waals surface area contributed by atoms with Gasteiger partial charge >= 0.3 is 0 Å². The molecule has 3 rings (SSSR count). The fraction of sp³-hybridized carbons (Fsp3) is 0.333. The molecule has 1 amide bonds. The van der Waals surface area contributed by atoms with Gasteiger partial charge < -0.3 is 14.5 Å². The number of aromatic nitrogens is 3. The highest BCUT2D eigenvalue weighted by molar-refractivity contribution is 6.24. The Labute approximate surface area is 155 Å². The van der Waals surface area contributed by atoms with Crippen LogP contribution in [0.1, 0.15) is 10.4 Å². The van der Waals surface area contributed by atoms with Crippen LogP contribution in [0.4, 0.5) is 5.95 Å². The molecule has 1 aliphatic rings. The largest absolute Gasteiger partial charge is 0.481 e. The second-order valence-corrected chi connectivity index (χ2v) is 5.44. The Balaban J connectivity index is 0.000000701. The van der Waals surface area contributed by atoms with Crippen LogP contribution in [0.25, 0.3) is 0 Å². The molecule has 1 fully saturated rings. The second kappa shape index (κ2) is 9.97. The molecule has 0 aliphatic carbocycles. The van der Waals surface area contributed by atoms with Crippen molar-refractivity contribution in [3.8, 4) is 5.88 Å². The average molecular weight is 386 g/mol. The lowest BCUT2D eigenvalue weighted by Gasteiger charge is -2.34. The number of hydrogen-bond donors (Lipinski definition) is 0. The maximum Gasteiger partial charge on any atom is 0.255 e. The molecular weight excluding hydrogens is 369 g/mol. The molecule has 3 heterocycles. The molecule has 0 N–H and O–H groups in total. The van der Waals surface area contributed by atoms with Crippen LogP contribution in [-0.4, -0.2) is 59.0 Å². The maximum absolute atomic E-state index is 12.4. The van der Waals surface area contributed by atoms with Gasteiger partial charge in [-0.2, -0.15) is 8.83 Å². The van der Waals surface area contributed by atoms with Gasteiger partial charge in [0.25, 0.3) is 5.91 Å². The quantitative estimate of drug-likeness (QED) is 0.800. The maximum atomic E-state index is 12.4. The fourth-order valence-corrected chi connectivity index (χ4v) is 2.38. The summed E-state index contributed by atoms with van der Waals surface area (Å²) < 4.78 is 8.31. The lowest BCUT2D eigenvalue weighted by atomic mass is 10.2. The topological polar surface area (TPSA) is 80.7 Å². The Morgan fingerprint density at radius 2 is 1.88 bits per heavy atom. The van der Waals surface area contributed by atoms with E-state index >= 15 is 0 Å². The van der Waals surface area contributed by atoms with Crippen molar-refractivity contribution in [1.82, 2.24) is 19.9 Å². The van der Waals surface area contributed by atoms with Gasteiger partial charge in [-0.25, -0.2) is 4.98 Å². The minimum Gasteiger partial charge on any atom is -0.481 e. The van der Waals surface area contributed by atoms with Crippen LogP contribution < -0.4 is 9.64 Å². The standard InChI is InChI=1S/C15H17N5O2.Cl2O/c1-22-13-4-6-17-15(18-13)20-9-7-19(8-10-20)14(21)12-3-2-5-16-11-12;1-3-2/h2-6,11H,7-10H2,1H3;. The zero-order chi connectivity index (χ0) is 18.1. The van der Waals surface area contributed by atoms with Crippen LogP contribution in [0.2, 0.25) is 0 Å². The predicted molar refractivity (Wildman–Crippen MR) is 93.7 cm³/mol. The molecule has 0 radical (unpaired) electrons. The number of halogens is 2. The summed E-state index contributed by atoms with van der Waals surface area (Å²) in [5.74, 6) is 1.19. The number of carbonyl (C=O) groups excluding carboxylic acids is 1. The molecular formula is C15H17Cl2N5O3. The predicted octanol–water partition coefficient (Wildman–Crippen LogP) is 2.15. The van der Waals surface area contributed by atoms with Crippen molar-refractivity contribution in [2.24, 2.45) is 0 Å². The molecule has 8 nitrogen and oxygen atoms in total. The van der Waals surface area contributed by atoms with E-state index in [1.165, 1.54) is 0 Å². The summed E-state index contributed by atoms with van der Waals surface area (Å²) in [5, 5.41) is 0. The van der Waals surface area contributed by atoms with E-state index in [-0.39, 0.29) is 5.91 Å². The molecule has 0 bridgehead atoms. The second-order valence-electron chi connectivity index (χ2n) is 4.98. The normalized spacial score (nSPS) is 13.7. The average Bonchev–Trinajstić information content (AvgIpc) is 2.69. The van der Waals surface area contributed by atoms with Crippen molar-refractivity contribution in [3.05, 3.63) is 42.4 Å². The van der Waals surface area contributed by atoms with Gasteiger partial charge in [0.15, 0.2) is 0 Å². The highest BCUT2D eigenvalue weighted by atomic mass is 35.6. The molecule has 1 saturated heterocycles. The summed E-state index contributed by atoms with van der Waals surface area (Å²) >= 11 is 8.53. The minimum absolute atomic E-state index is 0.0133. The van der Waals surface area contributed by atoms with Gasteiger partial charge in [0.2, 0.25) is 11.8 Å². The first-order valence-corrected chi connectivity index (χ1v) is 8.02. The number of pyridine rings is 1. The van der Waals surface area contributed by atoms with E-state index in [1.54, 1.807) is 43.9 Å². The Hall–Kier alpha value is -2.16. The first kappa shape index (κ1) is 19.2. The van der Waals surface area contributed by atoms with E-state index in [0.717, 1.165) is 0 Å². The molecule has 0 saturated carbocycles. The van der Waals surface area contributed by atoms with E-state index in [4.69, 9.17) is 4.74 Å². The first-order valence-electron chi connectivity index (χ1n) is 7.40. The first-order chi connectivity index (χ1) is 12.2.